The molecule has 1 atom stereocenters. The molecule has 0 saturated carbocycles. The van der Waals surface area contributed by atoms with Crippen LogP contribution >= 0.6 is 11.8 Å². The van der Waals surface area contributed by atoms with Crippen molar-refractivity contribution in [1.82, 2.24) is 5.32 Å². The Morgan fingerprint density at radius 2 is 1.80 bits per heavy atom. The van der Waals surface area contributed by atoms with Crippen LogP contribution in [0.5, 0.6) is 0 Å². The van der Waals surface area contributed by atoms with Crippen LogP contribution in [-0.4, -0.2) is 11.2 Å². The molecule has 2 nitrogen and oxygen atoms in total. The van der Waals surface area contributed by atoms with Crippen molar-refractivity contribution in [3.05, 3.63) is 66.0 Å². The van der Waals surface area contributed by atoms with Crippen LogP contribution < -0.4 is 5.32 Å². The molecule has 0 aliphatic heterocycles. The van der Waals surface area contributed by atoms with Crippen molar-refractivity contribution in [2.45, 2.75) is 23.6 Å². The molecule has 0 radical (unpaired) electrons. The van der Waals surface area contributed by atoms with Gasteiger partial charge in [-0.1, -0.05) is 36.4 Å². The molecule has 0 aliphatic carbocycles. The van der Waals surface area contributed by atoms with Gasteiger partial charge in [0, 0.05) is 17.0 Å². The van der Waals surface area contributed by atoms with Crippen LogP contribution in [0.25, 0.3) is 0 Å². The molecule has 104 valence electrons. The number of nitrogens with one attached hydrogen (secondary N) is 1. The van der Waals surface area contributed by atoms with E-state index in [1.54, 1.807) is 18.2 Å². The summed E-state index contributed by atoms with van der Waals surface area (Å²) < 4.78 is 13.4. The largest absolute Gasteiger partial charge is 0.351 e. The van der Waals surface area contributed by atoms with Crippen LogP contribution in [0.3, 0.4) is 0 Å². The van der Waals surface area contributed by atoms with Crippen molar-refractivity contribution in [3.8, 4) is 0 Å². The molecule has 0 unspecified atom stereocenters. The first kappa shape index (κ1) is 14.6. The van der Waals surface area contributed by atoms with Crippen LogP contribution in [0.15, 0.2) is 59.5 Å². The highest BCUT2D eigenvalue weighted by atomic mass is 32.2. The third-order valence-corrected chi connectivity index (χ3v) is 3.95. The second-order valence-corrected chi connectivity index (χ2v) is 5.80. The standard InChI is InChI=1S/C16H16FNOS/c1-12(20-14-8-3-2-4-9-14)16(19)18-11-13-7-5-6-10-15(13)17/h2-10,12H,11H2,1H3,(H,18,19)/t12-/m0/s1. The van der Waals surface area contributed by atoms with Gasteiger partial charge in [-0.25, -0.2) is 4.39 Å². The Labute approximate surface area is 122 Å². The maximum atomic E-state index is 13.4. The zero-order chi connectivity index (χ0) is 14.4. The molecule has 20 heavy (non-hydrogen) atoms. The van der Waals surface area contributed by atoms with Crippen molar-refractivity contribution >= 4 is 17.7 Å². The summed E-state index contributed by atoms with van der Waals surface area (Å²) in [5, 5.41) is 2.54. The van der Waals surface area contributed by atoms with Crippen molar-refractivity contribution in [2.24, 2.45) is 0 Å². The third-order valence-electron chi connectivity index (χ3n) is 2.84. The highest BCUT2D eigenvalue weighted by molar-refractivity contribution is 8.00. The quantitative estimate of drug-likeness (QED) is 0.852. The summed E-state index contributed by atoms with van der Waals surface area (Å²) in [6.45, 7) is 2.06. The predicted octanol–water partition coefficient (Wildman–Crippen LogP) is 3.62. The van der Waals surface area contributed by atoms with E-state index in [1.165, 1.54) is 17.8 Å². The van der Waals surface area contributed by atoms with E-state index in [-0.39, 0.29) is 23.5 Å². The predicted molar refractivity (Wildman–Crippen MR) is 80.0 cm³/mol. The first-order valence-corrected chi connectivity index (χ1v) is 7.27. The Morgan fingerprint density at radius 1 is 1.15 bits per heavy atom. The van der Waals surface area contributed by atoms with E-state index in [9.17, 15) is 9.18 Å². The van der Waals surface area contributed by atoms with Gasteiger partial charge in [-0.05, 0) is 25.1 Å². The maximum Gasteiger partial charge on any atom is 0.233 e. The fraction of sp³-hybridized carbons (Fsp3) is 0.188. The van der Waals surface area contributed by atoms with Crippen LogP contribution in [0, 0.1) is 5.82 Å². The number of carbonyl (C=O) groups is 1. The molecule has 1 N–H and O–H groups in total. The summed E-state index contributed by atoms with van der Waals surface area (Å²) in [6.07, 6.45) is 0. The molecule has 0 heterocycles. The topological polar surface area (TPSA) is 29.1 Å². The molecule has 0 aliphatic rings. The highest BCUT2D eigenvalue weighted by Crippen LogP contribution is 2.22. The van der Waals surface area contributed by atoms with E-state index in [0.717, 1.165) is 4.90 Å². The lowest BCUT2D eigenvalue weighted by Gasteiger charge is -2.12. The smallest absolute Gasteiger partial charge is 0.233 e. The molecule has 0 bridgehead atoms. The van der Waals surface area contributed by atoms with E-state index in [1.807, 2.05) is 37.3 Å². The number of hydrogen-bond donors (Lipinski definition) is 1. The van der Waals surface area contributed by atoms with Crippen molar-refractivity contribution in [3.63, 3.8) is 0 Å². The molecular weight excluding hydrogens is 273 g/mol. The van der Waals surface area contributed by atoms with Crippen LogP contribution in [0.1, 0.15) is 12.5 Å². The molecule has 0 aromatic heterocycles. The summed E-state index contributed by atoms with van der Waals surface area (Å²) in [5.41, 5.74) is 0.498. The van der Waals surface area contributed by atoms with E-state index in [4.69, 9.17) is 0 Å². The van der Waals surface area contributed by atoms with Gasteiger partial charge in [-0.3, -0.25) is 4.79 Å². The molecule has 0 saturated heterocycles. The van der Waals surface area contributed by atoms with Crippen LogP contribution in [0.4, 0.5) is 4.39 Å². The van der Waals surface area contributed by atoms with Gasteiger partial charge in [0.2, 0.25) is 5.91 Å². The molecule has 4 heteroatoms. The first-order chi connectivity index (χ1) is 9.66. The molecule has 1 amide bonds. The van der Waals surface area contributed by atoms with Gasteiger partial charge < -0.3 is 5.32 Å². The van der Waals surface area contributed by atoms with Gasteiger partial charge in [0.1, 0.15) is 5.82 Å². The highest BCUT2D eigenvalue weighted by Gasteiger charge is 2.14. The van der Waals surface area contributed by atoms with E-state index in [0.29, 0.717) is 5.56 Å². The fourth-order valence-electron chi connectivity index (χ4n) is 1.72. The molecule has 0 fully saturated rings. The molecule has 2 aromatic rings. The Morgan fingerprint density at radius 3 is 2.50 bits per heavy atom. The Kier molecular flexibility index (Phi) is 5.18. The lowest BCUT2D eigenvalue weighted by Crippen LogP contribution is -2.30. The van der Waals surface area contributed by atoms with Gasteiger partial charge in [0.25, 0.3) is 0 Å². The Hall–Kier alpha value is -1.81. The molecule has 2 rings (SSSR count). The van der Waals surface area contributed by atoms with E-state index < -0.39 is 0 Å². The summed E-state index contributed by atoms with van der Waals surface area (Å²) in [5.74, 6) is -0.390. The zero-order valence-electron chi connectivity index (χ0n) is 11.2. The Bertz CT molecular complexity index is 574. The lowest BCUT2D eigenvalue weighted by atomic mass is 10.2. The SMILES string of the molecule is C[C@H](Sc1ccccc1)C(=O)NCc1ccccc1F. The summed E-state index contributed by atoms with van der Waals surface area (Å²) in [6, 6.07) is 16.2. The van der Waals surface area contributed by atoms with Gasteiger partial charge in [-0.2, -0.15) is 0 Å². The lowest BCUT2D eigenvalue weighted by molar-refractivity contribution is -0.120. The van der Waals surface area contributed by atoms with Crippen molar-refractivity contribution in [2.75, 3.05) is 0 Å². The number of carbonyl (C=O) groups excluding carboxylic acids is 1. The third kappa shape index (κ3) is 4.10. The molecule has 2 aromatic carbocycles. The van der Waals surface area contributed by atoms with Crippen LogP contribution in [0.2, 0.25) is 0 Å². The van der Waals surface area contributed by atoms with E-state index in [2.05, 4.69) is 5.32 Å². The number of thioether (sulfide) groups is 1. The van der Waals surface area contributed by atoms with Gasteiger partial charge in [0.05, 0.1) is 5.25 Å². The number of rotatable bonds is 5. The minimum atomic E-state index is -0.295. The summed E-state index contributed by atoms with van der Waals surface area (Å²) in [7, 11) is 0. The minimum Gasteiger partial charge on any atom is -0.351 e. The second kappa shape index (κ2) is 7.10. The monoisotopic (exact) mass is 289 g/mol. The van der Waals surface area contributed by atoms with Gasteiger partial charge >= 0.3 is 0 Å². The Balaban J connectivity index is 1.87. The number of halogens is 1. The fourth-order valence-corrected chi connectivity index (χ4v) is 2.64. The average Bonchev–Trinajstić information content (AvgIpc) is 2.47. The minimum absolute atomic E-state index is 0.0953. The normalized spacial score (nSPS) is 11.9. The molecular formula is C16H16FNOS. The average molecular weight is 289 g/mol. The van der Waals surface area contributed by atoms with Crippen LogP contribution in [-0.2, 0) is 11.3 Å². The zero-order valence-corrected chi connectivity index (χ0v) is 12.0. The van der Waals surface area contributed by atoms with Gasteiger partial charge in [0.15, 0.2) is 0 Å². The second-order valence-electron chi connectivity index (χ2n) is 4.38. The first-order valence-electron chi connectivity index (χ1n) is 6.39. The maximum absolute atomic E-state index is 13.4. The van der Waals surface area contributed by atoms with Gasteiger partial charge in [-0.15, -0.1) is 11.8 Å². The number of amides is 1. The summed E-state index contributed by atoms with van der Waals surface area (Å²) in [4.78, 5) is 13.0. The van der Waals surface area contributed by atoms with Crippen molar-refractivity contribution < 1.29 is 9.18 Å². The molecule has 0 spiro atoms. The van der Waals surface area contributed by atoms with E-state index >= 15 is 0 Å². The number of benzene rings is 2. The van der Waals surface area contributed by atoms with Crippen molar-refractivity contribution in [1.29, 1.82) is 0 Å². The summed E-state index contributed by atoms with van der Waals surface area (Å²) >= 11 is 1.49. The number of hydrogen-bond acceptors (Lipinski definition) is 2.